The summed E-state index contributed by atoms with van der Waals surface area (Å²) in [6, 6.07) is 27.1. The molecule has 0 spiro atoms. The van der Waals surface area contributed by atoms with E-state index in [0.29, 0.717) is 23.0 Å². The van der Waals surface area contributed by atoms with Crippen molar-refractivity contribution in [1.82, 2.24) is 14.1 Å². The van der Waals surface area contributed by atoms with Crippen molar-refractivity contribution in [2.75, 3.05) is 0 Å². The molecule has 9 rings (SSSR count). The Hall–Kier alpha value is -6.03. The third-order valence-electron chi connectivity index (χ3n) is 9.72. The van der Waals surface area contributed by atoms with Crippen molar-refractivity contribution in [2.45, 2.75) is 33.6 Å². The van der Waals surface area contributed by atoms with Crippen molar-refractivity contribution in [3.63, 3.8) is 0 Å². The minimum Gasteiger partial charge on any atom is -0.510 e. The number of hydrogen-bond donors (Lipinski definition) is 0. The van der Waals surface area contributed by atoms with Gasteiger partial charge in [-0.3, -0.25) is 4.57 Å². The van der Waals surface area contributed by atoms with Gasteiger partial charge in [-0.25, -0.2) is 4.98 Å². The Morgan fingerprint density at radius 2 is 1.45 bits per heavy atom. The van der Waals surface area contributed by atoms with Crippen LogP contribution in [0.3, 0.4) is 0 Å². The van der Waals surface area contributed by atoms with Crippen LogP contribution in [0.4, 0.5) is 0 Å². The maximum atomic E-state index is 9.27. The van der Waals surface area contributed by atoms with Gasteiger partial charge < -0.3 is 13.9 Å². The summed E-state index contributed by atoms with van der Waals surface area (Å²) >= 11 is 0. The first kappa shape index (κ1) is 25.9. The minimum absolute atomic E-state index is 0. The zero-order valence-corrected chi connectivity index (χ0v) is 33.1. The van der Waals surface area contributed by atoms with Gasteiger partial charge in [-0.15, -0.1) is 29.7 Å². The van der Waals surface area contributed by atoms with Crippen LogP contribution in [0.5, 0.6) is 11.5 Å². The summed E-state index contributed by atoms with van der Waals surface area (Å²) in [6.45, 7) is 8.06. The molecule has 0 aliphatic heterocycles. The second kappa shape index (κ2) is 15.2. The van der Waals surface area contributed by atoms with Crippen LogP contribution in [0.1, 0.15) is 54.2 Å². The molecule has 3 heterocycles. The van der Waals surface area contributed by atoms with Gasteiger partial charge in [-0.1, -0.05) is 130 Å². The van der Waals surface area contributed by atoms with E-state index in [4.69, 9.17) is 23.4 Å². The Morgan fingerprint density at radius 3 is 2.16 bits per heavy atom. The van der Waals surface area contributed by atoms with Crippen LogP contribution < -0.4 is 9.30 Å². The van der Waals surface area contributed by atoms with E-state index in [1.807, 2.05) is 80.8 Å². The van der Waals surface area contributed by atoms with E-state index in [1.54, 1.807) is 59.6 Å². The predicted molar refractivity (Wildman–Crippen MR) is 221 cm³/mol. The van der Waals surface area contributed by atoms with Gasteiger partial charge in [0.15, 0.2) is 0 Å². The first-order chi connectivity index (χ1) is 31.3. The number of imidazole rings is 1. The van der Waals surface area contributed by atoms with E-state index in [1.165, 1.54) is 4.57 Å². The number of hydrogen-bond acceptors (Lipinski definition) is 2. The number of benzene rings is 6. The number of pyridine rings is 1. The molecule has 3 aromatic heterocycles. The quantitative estimate of drug-likeness (QED) is 0.112. The van der Waals surface area contributed by atoms with Crippen molar-refractivity contribution >= 4 is 21.8 Å². The average molecular weight is 919 g/mol. The maximum absolute atomic E-state index is 9.27. The molecule has 9 aromatic rings. The van der Waals surface area contributed by atoms with Crippen LogP contribution in [0.15, 0.2) is 164 Å². The SMILES string of the molecule is [2H]c1c([2H])c([2H])c(-c2cccc(-c3c([2H])c([2H])c([2H])c([2H])c3[2H])c2-[n+]2[c-]n(-c3[c-]c(Oc4[c-]c5c(cc4)c4ccccc4n5-c4cc(C([2H])(C)C(C)(C)C)ccn4)ccc3)cc2)c([2H])c1[2H].[Pt]. The van der Waals surface area contributed by atoms with Gasteiger partial charge >= 0.3 is 0 Å². The van der Waals surface area contributed by atoms with Crippen molar-refractivity contribution < 1.29 is 45.4 Å². The van der Waals surface area contributed by atoms with Gasteiger partial charge in [0.1, 0.15) is 5.82 Å². The van der Waals surface area contributed by atoms with Gasteiger partial charge in [0.05, 0.1) is 19.4 Å². The number of aromatic nitrogens is 4. The fourth-order valence-electron chi connectivity index (χ4n) is 6.68. The third kappa shape index (κ3) is 7.00. The number of nitrogens with zero attached hydrogens (tertiary/aromatic N) is 4. The first-order valence-electron chi connectivity index (χ1n) is 23.2. The molecule has 1 unspecified atom stereocenters. The second-order valence-corrected chi connectivity index (χ2v) is 14.1. The van der Waals surface area contributed by atoms with Gasteiger partial charge in [-0.05, 0) is 68.4 Å². The fraction of sp³-hybridized carbons (Fsp3) is 0.120. The Bertz CT molecular complexity index is 3310. The molecular weight excluding hydrogens is 868 g/mol. The van der Waals surface area contributed by atoms with Crippen LogP contribution >= 0.6 is 0 Å². The van der Waals surface area contributed by atoms with Crippen LogP contribution in [0.25, 0.3) is 61.3 Å². The number of ether oxygens (including phenoxy) is 1. The van der Waals surface area contributed by atoms with Crippen LogP contribution in [-0.2, 0) is 21.1 Å². The van der Waals surface area contributed by atoms with E-state index in [2.05, 4.69) is 18.5 Å². The molecule has 0 amide bonds. The van der Waals surface area contributed by atoms with Gasteiger partial charge in [-0.2, -0.15) is 18.2 Å². The van der Waals surface area contributed by atoms with E-state index in [9.17, 15) is 1.37 Å². The zero-order valence-electron chi connectivity index (χ0n) is 41.8. The summed E-state index contributed by atoms with van der Waals surface area (Å²) in [6.07, 6.45) is 8.20. The molecule has 56 heavy (non-hydrogen) atoms. The molecule has 278 valence electrons. The van der Waals surface area contributed by atoms with Crippen LogP contribution in [-0.4, -0.2) is 14.1 Å². The summed E-state index contributed by atoms with van der Waals surface area (Å²) < 4.78 is 106. The molecule has 0 radical (unpaired) electrons. The molecular formula is C50H40N4OPt-2. The number of para-hydroxylation sites is 2. The molecule has 0 fully saturated rings. The van der Waals surface area contributed by atoms with Gasteiger partial charge in [0.25, 0.3) is 6.33 Å². The number of rotatable bonds is 8. The first-order valence-corrected chi connectivity index (χ1v) is 17.7. The summed E-state index contributed by atoms with van der Waals surface area (Å²) in [4.78, 5) is 4.76. The second-order valence-electron chi connectivity index (χ2n) is 14.1. The van der Waals surface area contributed by atoms with Crippen molar-refractivity contribution in [2.24, 2.45) is 5.41 Å². The van der Waals surface area contributed by atoms with Crippen molar-refractivity contribution in [3.05, 3.63) is 188 Å². The molecule has 6 heteroatoms. The van der Waals surface area contributed by atoms with E-state index in [-0.39, 0.29) is 54.4 Å². The molecule has 0 saturated carbocycles. The molecule has 0 N–H and O–H groups in total. The monoisotopic (exact) mass is 918 g/mol. The van der Waals surface area contributed by atoms with E-state index >= 15 is 0 Å². The summed E-state index contributed by atoms with van der Waals surface area (Å²) in [5, 5.41) is 1.94. The van der Waals surface area contributed by atoms with Crippen LogP contribution in [0, 0.1) is 23.9 Å². The Kier molecular flexibility index (Phi) is 7.06. The topological polar surface area (TPSA) is 35.9 Å². The molecule has 0 saturated heterocycles. The summed E-state index contributed by atoms with van der Waals surface area (Å²) in [5.74, 6) is 0.481. The van der Waals surface area contributed by atoms with Gasteiger partial charge in [0.2, 0.25) is 0 Å². The normalized spacial score (nSPS) is 15.4. The molecule has 0 aliphatic carbocycles. The van der Waals surface area contributed by atoms with Crippen molar-refractivity contribution in [1.29, 1.82) is 0 Å². The Balaban J connectivity index is 0.00000608. The molecule has 6 aromatic carbocycles. The van der Waals surface area contributed by atoms with Crippen LogP contribution in [0.2, 0.25) is 0 Å². The molecule has 0 bridgehead atoms. The van der Waals surface area contributed by atoms with Gasteiger partial charge in [0, 0.05) is 58.0 Å². The largest absolute Gasteiger partial charge is 0.510 e. The minimum atomic E-state index is -0.904. The maximum Gasteiger partial charge on any atom is 0.267 e. The fourth-order valence-corrected chi connectivity index (χ4v) is 6.68. The molecule has 1 atom stereocenters. The van der Waals surface area contributed by atoms with E-state index in [0.717, 1.165) is 27.4 Å². The zero-order chi connectivity index (χ0) is 47.1. The Labute approximate surface area is 358 Å². The van der Waals surface area contributed by atoms with Crippen molar-refractivity contribution in [3.8, 4) is 50.9 Å². The summed E-state index contributed by atoms with van der Waals surface area (Å²) in [5.41, 5.74) is 2.76. The number of fused-ring (bicyclic) bond motifs is 3. The van der Waals surface area contributed by atoms with E-state index < -0.39 is 66.3 Å². The standard InChI is InChI=1S/C50H40N4O.Pt/c1-35(50(2,3)4)38-27-28-51-48(31-38)54-46-24-12-11-21-44(46)45-26-25-41(33-47(45)54)55-40-20-13-19-39(32-40)52-29-30-53(34-52)49-42(36-15-7-5-8-16-36)22-14-23-43(49)37-17-9-6-10-18-37;/h5-31,35H,1-4H3;/q-2;/i5D,6D,7D,8D,9D,10D,15D,16D,17D,18D,35D;. The Morgan fingerprint density at radius 1 is 0.768 bits per heavy atom. The average Bonchev–Trinajstić information content (AvgIpc) is 3.92. The summed E-state index contributed by atoms with van der Waals surface area (Å²) in [7, 11) is 0. The molecule has 0 aliphatic rings. The predicted octanol–water partition coefficient (Wildman–Crippen LogP) is 11.9. The smallest absolute Gasteiger partial charge is 0.267 e. The third-order valence-corrected chi connectivity index (χ3v) is 9.72. The molecule has 5 nitrogen and oxygen atoms in total.